The third-order valence-electron chi connectivity index (χ3n) is 3.25. The van der Waals surface area contributed by atoms with Gasteiger partial charge in [-0.3, -0.25) is 4.40 Å². The average molecular weight is 216 g/mol. The Morgan fingerprint density at radius 2 is 2.06 bits per heavy atom. The van der Waals surface area contributed by atoms with Gasteiger partial charge in [0.2, 0.25) is 0 Å². The van der Waals surface area contributed by atoms with Crippen molar-refractivity contribution < 1.29 is 0 Å². The molecular formula is C12H16N4. The number of pyridine rings is 1. The zero-order chi connectivity index (χ0) is 11.0. The Morgan fingerprint density at radius 1 is 1.25 bits per heavy atom. The Hall–Kier alpha value is -1.58. The molecule has 3 heterocycles. The predicted octanol–water partition coefficient (Wildman–Crippen LogP) is 1.89. The topological polar surface area (TPSA) is 33.4 Å². The smallest absolute Gasteiger partial charge is 0.162 e. The van der Waals surface area contributed by atoms with E-state index < -0.39 is 0 Å². The van der Waals surface area contributed by atoms with Gasteiger partial charge in [0.1, 0.15) is 5.82 Å². The number of anilines is 1. The highest BCUT2D eigenvalue weighted by Crippen LogP contribution is 2.21. The highest BCUT2D eigenvalue weighted by atomic mass is 15.2. The Labute approximate surface area is 94.9 Å². The second-order valence-corrected chi connectivity index (χ2v) is 4.28. The molecule has 4 heteroatoms. The second kappa shape index (κ2) is 3.77. The Balaban J connectivity index is 2.02. The molecular weight excluding hydrogens is 200 g/mol. The number of aromatic nitrogens is 3. The molecule has 3 rings (SSSR count). The minimum Gasteiger partial charge on any atom is -0.371 e. The van der Waals surface area contributed by atoms with Gasteiger partial charge in [-0.25, -0.2) is 0 Å². The maximum atomic E-state index is 4.21. The maximum Gasteiger partial charge on any atom is 0.162 e. The van der Waals surface area contributed by atoms with E-state index in [1.165, 1.54) is 31.6 Å². The average Bonchev–Trinajstić information content (AvgIpc) is 2.97. The SMILES string of the molecule is CCc1nnc2cc(N3CCCC3)ccn12. The molecule has 0 bridgehead atoms. The van der Waals surface area contributed by atoms with Gasteiger partial charge in [-0.1, -0.05) is 6.92 Å². The van der Waals surface area contributed by atoms with Crippen LogP contribution in [0.15, 0.2) is 18.3 Å². The summed E-state index contributed by atoms with van der Waals surface area (Å²) in [6.45, 7) is 4.45. The molecule has 84 valence electrons. The number of aryl methyl sites for hydroxylation is 1. The van der Waals surface area contributed by atoms with E-state index in [-0.39, 0.29) is 0 Å². The van der Waals surface area contributed by atoms with Crippen LogP contribution in [-0.4, -0.2) is 27.7 Å². The monoisotopic (exact) mass is 216 g/mol. The van der Waals surface area contributed by atoms with E-state index >= 15 is 0 Å². The molecule has 0 spiro atoms. The fourth-order valence-corrected chi connectivity index (χ4v) is 2.34. The summed E-state index contributed by atoms with van der Waals surface area (Å²) in [5, 5.41) is 8.38. The largest absolute Gasteiger partial charge is 0.371 e. The van der Waals surface area contributed by atoms with Crippen LogP contribution in [0, 0.1) is 0 Å². The molecule has 0 N–H and O–H groups in total. The minimum absolute atomic E-state index is 0.921. The summed E-state index contributed by atoms with van der Waals surface area (Å²) in [5.41, 5.74) is 2.24. The number of nitrogens with zero attached hydrogens (tertiary/aromatic N) is 4. The van der Waals surface area contributed by atoms with Crippen molar-refractivity contribution in [1.82, 2.24) is 14.6 Å². The van der Waals surface area contributed by atoms with Crippen molar-refractivity contribution in [2.45, 2.75) is 26.2 Å². The van der Waals surface area contributed by atoms with Gasteiger partial charge in [0.25, 0.3) is 0 Å². The lowest BCUT2D eigenvalue weighted by Gasteiger charge is -2.17. The summed E-state index contributed by atoms with van der Waals surface area (Å²) in [4.78, 5) is 2.42. The van der Waals surface area contributed by atoms with Gasteiger partial charge in [0.05, 0.1) is 0 Å². The zero-order valence-electron chi connectivity index (χ0n) is 9.56. The van der Waals surface area contributed by atoms with Gasteiger partial charge in [-0.05, 0) is 18.9 Å². The van der Waals surface area contributed by atoms with E-state index in [4.69, 9.17) is 0 Å². The molecule has 1 fully saturated rings. The van der Waals surface area contributed by atoms with Gasteiger partial charge in [-0.15, -0.1) is 10.2 Å². The third-order valence-corrected chi connectivity index (χ3v) is 3.25. The molecule has 0 aliphatic carbocycles. The highest BCUT2D eigenvalue weighted by Gasteiger charge is 2.13. The van der Waals surface area contributed by atoms with E-state index in [2.05, 4.69) is 44.8 Å². The van der Waals surface area contributed by atoms with Crippen molar-refractivity contribution in [1.29, 1.82) is 0 Å². The Kier molecular flexibility index (Phi) is 2.27. The van der Waals surface area contributed by atoms with Crippen LogP contribution in [0.5, 0.6) is 0 Å². The van der Waals surface area contributed by atoms with Crippen molar-refractivity contribution in [3.63, 3.8) is 0 Å². The lowest BCUT2D eigenvalue weighted by Crippen LogP contribution is -2.17. The minimum atomic E-state index is 0.921. The van der Waals surface area contributed by atoms with Crippen LogP contribution in [-0.2, 0) is 6.42 Å². The lowest BCUT2D eigenvalue weighted by molar-refractivity contribution is 0.907. The summed E-state index contributed by atoms with van der Waals surface area (Å²) in [7, 11) is 0. The van der Waals surface area contributed by atoms with Crippen molar-refractivity contribution in [3.8, 4) is 0 Å². The Bertz CT molecular complexity index is 497. The molecule has 0 atom stereocenters. The molecule has 1 saturated heterocycles. The van der Waals surface area contributed by atoms with Gasteiger partial charge in [0.15, 0.2) is 5.65 Å². The number of hydrogen-bond donors (Lipinski definition) is 0. The fraction of sp³-hybridized carbons (Fsp3) is 0.500. The molecule has 16 heavy (non-hydrogen) atoms. The standard InChI is InChI=1S/C12H16N4/c1-2-11-13-14-12-9-10(5-8-16(11)12)15-6-3-4-7-15/h5,8-9H,2-4,6-7H2,1H3. The van der Waals surface area contributed by atoms with Gasteiger partial charge < -0.3 is 4.90 Å². The second-order valence-electron chi connectivity index (χ2n) is 4.28. The van der Waals surface area contributed by atoms with Crippen LogP contribution in [0.3, 0.4) is 0 Å². The zero-order valence-corrected chi connectivity index (χ0v) is 9.56. The summed E-state index contributed by atoms with van der Waals surface area (Å²) < 4.78 is 2.07. The molecule has 0 saturated carbocycles. The van der Waals surface area contributed by atoms with Crippen molar-refractivity contribution >= 4 is 11.3 Å². The molecule has 0 radical (unpaired) electrons. The van der Waals surface area contributed by atoms with Gasteiger partial charge in [-0.2, -0.15) is 0 Å². The van der Waals surface area contributed by atoms with Crippen LogP contribution >= 0.6 is 0 Å². The molecule has 0 aromatic carbocycles. The first-order chi connectivity index (χ1) is 7.88. The summed E-state index contributed by atoms with van der Waals surface area (Å²) in [6.07, 6.45) is 5.61. The molecule has 0 amide bonds. The van der Waals surface area contributed by atoms with Crippen LogP contribution in [0.2, 0.25) is 0 Å². The van der Waals surface area contributed by atoms with E-state index in [1.54, 1.807) is 0 Å². The molecule has 1 aliphatic rings. The first kappa shape index (κ1) is 9.63. The van der Waals surface area contributed by atoms with Gasteiger partial charge in [0, 0.05) is 37.5 Å². The quantitative estimate of drug-likeness (QED) is 0.768. The van der Waals surface area contributed by atoms with Crippen LogP contribution in [0.25, 0.3) is 5.65 Å². The summed E-state index contributed by atoms with van der Waals surface area (Å²) in [5.74, 6) is 1.03. The molecule has 2 aromatic heterocycles. The molecule has 1 aliphatic heterocycles. The highest BCUT2D eigenvalue weighted by molar-refractivity contribution is 5.56. The number of fused-ring (bicyclic) bond motifs is 1. The van der Waals surface area contributed by atoms with E-state index in [0.29, 0.717) is 0 Å². The van der Waals surface area contributed by atoms with E-state index in [1.807, 2.05) is 0 Å². The molecule has 0 unspecified atom stereocenters. The summed E-state index contributed by atoms with van der Waals surface area (Å²) >= 11 is 0. The maximum absolute atomic E-state index is 4.21. The molecule has 2 aromatic rings. The first-order valence-corrected chi connectivity index (χ1v) is 5.97. The summed E-state index contributed by atoms with van der Waals surface area (Å²) in [6, 6.07) is 4.30. The van der Waals surface area contributed by atoms with Crippen LogP contribution < -0.4 is 4.90 Å². The van der Waals surface area contributed by atoms with Crippen molar-refractivity contribution in [2.75, 3.05) is 18.0 Å². The Morgan fingerprint density at radius 3 is 2.81 bits per heavy atom. The lowest BCUT2D eigenvalue weighted by atomic mass is 10.3. The first-order valence-electron chi connectivity index (χ1n) is 5.97. The van der Waals surface area contributed by atoms with E-state index in [9.17, 15) is 0 Å². The fourth-order valence-electron chi connectivity index (χ4n) is 2.34. The van der Waals surface area contributed by atoms with Crippen molar-refractivity contribution in [2.24, 2.45) is 0 Å². The van der Waals surface area contributed by atoms with Gasteiger partial charge >= 0.3 is 0 Å². The number of rotatable bonds is 2. The molecule has 4 nitrogen and oxygen atoms in total. The van der Waals surface area contributed by atoms with Crippen LogP contribution in [0.4, 0.5) is 5.69 Å². The third kappa shape index (κ3) is 1.45. The normalized spacial score (nSPS) is 16.2. The number of hydrogen-bond acceptors (Lipinski definition) is 3. The van der Waals surface area contributed by atoms with Crippen molar-refractivity contribution in [3.05, 3.63) is 24.2 Å². The predicted molar refractivity (Wildman–Crippen MR) is 63.8 cm³/mol. The van der Waals surface area contributed by atoms with E-state index in [0.717, 1.165) is 17.9 Å². The van der Waals surface area contributed by atoms with Crippen LogP contribution in [0.1, 0.15) is 25.6 Å².